The van der Waals surface area contributed by atoms with Crippen LogP contribution < -0.4 is 5.46 Å². The Hall–Kier alpha value is -0.445. The molecule has 112 valence electrons. The van der Waals surface area contributed by atoms with E-state index in [2.05, 4.69) is 47.2 Å². The third-order valence-corrected chi connectivity index (χ3v) is 4.58. The molecule has 0 atom stereocenters. The minimum atomic E-state index is -0.258. The topological polar surface area (TPSA) is 18.5 Å². The van der Waals surface area contributed by atoms with Gasteiger partial charge in [0.1, 0.15) is 0 Å². The highest BCUT2D eigenvalue weighted by Gasteiger charge is 2.32. The van der Waals surface area contributed by atoms with Crippen LogP contribution in [0.3, 0.4) is 0 Å². The van der Waals surface area contributed by atoms with Crippen LogP contribution in [0.15, 0.2) is 4.90 Å². The van der Waals surface area contributed by atoms with E-state index in [1.165, 1.54) is 22.3 Å². The number of hydrogen-bond acceptors (Lipinski definition) is 3. The Morgan fingerprint density at radius 3 is 1.85 bits per heavy atom. The van der Waals surface area contributed by atoms with Crippen molar-refractivity contribution in [3.8, 4) is 0 Å². The number of rotatable bonds is 1. The van der Waals surface area contributed by atoms with Gasteiger partial charge in [-0.3, -0.25) is 0 Å². The lowest BCUT2D eigenvalue weighted by Gasteiger charge is -2.28. The average molecular weight is 294 g/mol. The van der Waals surface area contributed by atoms with Crippen molar-refractivity contribution < 1.29 is 9.31 Å². The molecule has 0 aromatic heterocycles. The minimum absolute atomic E-state index is 0.258. The molecule has 20 heavy (non-hydrogen) atoms. The summed E-state index contributed by atoms with van der Waals surface area (Å²) in [6.07, 6.45) is 0. The summed E-state index contributed by atoms with van der Waals surface area (Å²) in [5.41, 5.74) is 6.19. The van der Waals surface area contributed by atoms with Crippen LogP contribution >= 0.6 is 12.6 Å². The number of thiol groups is 1. The first kappa shape index (κ1) is 17.6. The molecule has 0 radical (unpaired) electrons. The smallest absolute Gasteiger partial charge is 0.407 e. The summed E-state index contributed by atoms with van der Waals surface area (Å²) in [7, 11) is -0.258. The van der Waals surface area contributed by atoms with Gasteiger partial charge in [0, 0.05) is 18.1 Å². The van der Waals surface area contributed by atoms with Crippen molar-refractivity contribution in [2.24, 2.45) is 5.92 Å². The lowest BCUT2D eigenvalue weighted by Crippen LogP contribution is -2.46. The van der Waals surface area contributed by atoms with E-state index in [0.29, 0.717) is 5.92 Å². The lowest BCUT2D eigenvalue weighted by molar-refractivity contribution is 0.0954. The molecule has 0 aliphatic carbocycles. The normalized spacial score (nSPS) is 15.9. The summed E-state index contributed by atoms with van der Waals surface area (Å²) in [5.74, 6) is 0.470. The van der Waals surface area contributed by atoms with E-state index >= 15 is 0 Å². The van der Waals surface area contributed by atoms with Gasteiger partial charge in [-0.05, 0) is 61.3 Å². The summed E-state index contributed by atoms with van der Waals surface area (Å²) >= 11 is 4.67. The molecule has 2 nitrogen and oxygen atoms in total. The van der Waals surface area contributed by atoms with Crippen molar-refractivity contribution in [2.45, 2.75) is 53.4 Å². The first-order valence-electron chi connectivity index (χ1n) is 7.45. The van der Waals surface area contributed by atoms with Crippen molar-refractivity contribution in [1.82, 2.24) is 0 Å². The molecule has 0 spiro atoms. The van der Waals surface area contributed by atoms with E-state index in [0.717, 1.165) is 23.6 Å². The molecule has 1 aliphatic rings. The summed E-state index contributed by atoms with van der Waals surface area (Å²) < 4.78 is 11.6. The van der Waals surface area contributed by atoms with Crippen LogP contribution in [0.2, 0.25) is 0 Å². The second-order valence-electron chi connectivity index (χ2n) is 5.37. The largest absolute Gasteiger partial charge is 0.495 e. The molecular weight excluding hydrogens is 267 g/mol. The molecule has 1 aromatic rings. The van der Waals surface area contributed by atoms with Crippen LogP contribution in [0.5, 0.6) is 0 Å². The molecule has 2 rings (SSSR count). The van der Waals surface area contributed by atoms with E-state index in [1.54, 1.807) is 0 Å². The van der Waals surface area contributed by atoms with Gasteiger partial charge in [0.2, 0.25) is 0 Å². The van der Waals surface area contributed by atoms with Gasteiger partial charge >= 0.3 is 7.12 Å². The number of hydrogen-bond donors (Lipinski definition) is 1. The Labute approximate surface area is 129 Å². The van der Waals surface area contributed by atoms with Crippen molar-refractivity contribution in [3.05, 3.63) is 22.3 Å². The van der Waals surface area contributed by atoms with E-state index in [-0.39, 0.29) is 7.12 Å². The van der Waals surface area contributed by atoms with Crippen molar-refractivity contribution in [2.75, 3.05) is 13.2 Å². The first-order chi connectivity index (χ1) is 9.43. The van der Waals surface area contributed by atoms with Gasteiger partial charge in [0.05, 0.1) is 0 Å². The molecular formula is C16H27BO2S. The maximum atomic E-state index is 5.82. The third kappa shape index (κ3) is 3.41. The maximum Gasteiger partial charge on any atom is 0.495 e. The molecule has 0 amide bonds. The summed E-state index contributed by atoms with van der Waals surface area (Å²) in [5, 5.41) is 0. The van der Waals surface area contributed by atoms with Crippen molar-refractivity contribution in [3.63, 3.8) is 0 Å². The fraction of sp³-hybridized carbons (Fsp3) is 0.625. The second kappa shape index (κ2) is 7.53. The van der Waals surface area contributed by atoms with Crippen LogP contribution in [0.4, 0.5) is 0 Å². The Morgan fingerprint density at radius 2 is 1.35 bits per heavy atom. The highest BCUT2D eigenvalue weighted by Crippen LogP contribution is 2.24. The molecule has 1 heterocycles. The van der Waals surface area contributed by atoms with Gasteiger partial charge in [-0.25, -0.2) is 0 Å². The minimum Gasteiger partial charge on any atom is -0.407 e. The van der Waals surface area contributed by atoms with Crippen LogP contribution in [-0.4, -0.2) is 20.3 Å². The maximum absolute atomic E-state index is 5.82. The average Bonchev–Trinajstić information content (AvgIpc) is 2.47. The Kier molecular flexibility index (Phi) is 6.63. The predicted octanol–water partition coefficient (Wildman–Crippen LogP) is 3.61. The molecule has 1 aliphatic heterocycles. The standard InChI is InChI=1S/C14H21BO2S.C2H6/c1-8-6-16-15(17-7-8)13-11(4)9(2)10(3)12(5)14(13)18;1-2/h8,18H,6-7H2,1-5H3;1-2H3. The zero-order chi connectivity index (χ0) is 15.4. The van der Waals surface area contributed by atoms with Crippen molar-refractivity contribution in [1.29, 1.82) is 0 Å². The number of benzene rings is 1. The first-order valence-corrected chi connectivity index (χ1v) is 7.90. The van der Waals surface area contributed by atoms with E-state index in [9.17, 15) is 0 Å². The van der Waals surface area contributed by atoms with Gasteiger partial charge in [-0.15, -0.1) is 12.6 Å². The van der Waals surface area contributed by atoms with Crippen LogP contribution in [0.25, 0.3) is 0 Å². The van der Waals surface area contributed by atoms with Crippen LogP contribution in [-0.2, 0) is 9.31 Å². The molecule has 1 fully saturated rings. The fourth-order valence-corrected chi connectivity index (χ4v) is 2.82. The Balaban J connectivity index is 0.000000956. The zero-order valence-corrected chi connectivity index (χ0v) is 14.7. The SMILES string of the molecule is CC.Cc1c(C)c(C)c(B2OCC(C)CO2)c(S)c1C. The van der Waals surface area contributed by atoms with Gasteiger partial charge in [0.25, 0.3) is 0 Å². The summed E-state index contributed by atoms with van der Waals surface area (Å²) in [6.45, 7) is 16.2. The van der Waals surface area contributed by atoms with E-state index in [1.807, 2.05) is 13.8 Å². The van der Waals surface area contributed by atoms with Gasteiger partial charge in [-0.2, -0.15) is 0 Å². The summed E-state index contributed by atoms with van der Waals surface area (Å²) in [6, 6.07) is 0. The highest BCUT2D eigenvalue weighted by atomic mass is 32.1. The van der Waals surface area contributed by atoms with Gasteiger partial charge < -0.3 is 9.31 Å². The third-order valence-electron chi connectivity index (χ3n) is 4.00. The molecule has 4 heteroatoms. The van der Waals surface area contributed by atoms with Crippen LogP contribution in [0.1, 0.15) is 43.0 Å². The van der Waals surface area contributed by atoms with Gasteiger partial charge in [-0.1, -0.05) is 20.8 Å². The fourth-order valence-electron chi connectivity index (χ4n) is 2.38. The zero-order valence-electron chi connectivity index (χ0n) is 13.8. The predicted molar refractivity (Wildman–Crippen MR) is 90.4 cm³/mol. The molecule has 0 unspecified atom stereocenters. The lowest BCUT2D eigenvalue weighted by atomic mass is 9.72. The second-order valence-corrected chi connectivity index (χ2v) is 5.81. The monoisotopic (exact) mass is 294 g/mol. The Morgan fingerprint density at radius 1 is 0.900 bits per heavy atom. The van der Waals surface area contributed by atoms with E-state index in [4.69, 9.17) is 9.31 Å². The molecule has 0 bridgehead atoms. The molecule has 0 N–H and O–H groups in total. The van der Waals surface area contributed by atoms with Crippen LogP contribution in [0, 0.1) is 33.6 Å². The van der Waals surface area contributed by atoms with Crippen molar-refractivity contribution >= 4 is 25.2 Å². The van der Waals surface area contributed by atoms with E-state index < -0.39 is 0 Å². The molecule has 1 saturated heterocycles. The quantitative estimate of drug-likeness (QED) is 0.630. The van der Waals surface area contributed by atoms with Gasteiger partial charge in [0.15, 0.2) is 0 Å². The molecule has 1 aromatic carbocycles. The Bertz CT molecular complexity index is 437. The summed E-state index contributed by atoms with van der Waals surface area (Å²) in [4.78, 5) is 1.01. The molecule has 0 saturated carbocycles. The highest BCUT2D eigenvalue weighted by molar-refractivity contribution is 7.80.